The van der Waals surface area contributed by atoms with Crippen molar-refractivity contribution in [2.45, 2.75) is 56.2 Å². The van der Waals surface area contributed by atoms with Crippen molar-refractivity contribution in [1.82, 2.24) is 19.3 Å². The number of sulfonamides is 1. The molecule has 1 aliphatic carbocycles. The molecule has 1 aliphatic heterocycles. The topological polar surface area (TPSA) is 120 Å². The summed E-state index contributed by atoms with van der Waals surface area (Å²) in [4.78, 5) is 12.2. The van der Waals surface area contributed by atoms with Crippen LogP contribution in [0.15, 0.2) is 12.3 Å². The molecule has 3 N–H and O–H groups in total. The van der Waals surface area contributed by atoms with Gasteiger partial charge in [0.25, 0.3) is 12.3 Å². The second-order valence-corrected chi connectivity index (χ2v) is 10.4. The molecule has 0 amide bonds. The quantitative estimate of drug-likeness (QED) is 0.526. The minimum absolute atomic E-state index is 0.0344. The standard InChI is InChI=1S/C19H24F4N6O3S/c1-33(31,32)29-6-4-11(13(30)9-29)26-18-24-8-10-7-12(16(20)21)25-17(15(10)28-18)27-14-3-2-5-19(14,22)23/h7-8,11,13-14,16,30H,2-6,9H2,1H3,(H,25,27)(H,24,26,28)/t11-,13-,14?/m1/s1. The summed E-state index contributed by atoms with van der Waals surface area (Å²) in [6, 6.07) is -0.722. The number of β-amino-alcohol motifs (C(OH)–C–C–N with tert-alkyl or cyclic N) is 1. The minimum Gasteiger partial charge on any atom is -0.390 e. The highest BCUT2D eigenvalue weighted by molar-refractivity contribution is 7.88. The first kappa shape index (κ1) is 23.8. The van der Waals surface area contributed by atoms with Crippen LogP contribution in [0.5, 0.6) is 0 Å². The molecule has 33 heavy (non-hydrogen) atoms. The van der Waals surface area contributed by atoms with Crippen LogP contribution in [0, 0.1) is 0 Å². The third-order valence-electron chi connectivity index (χ3n) is 5.96. The van der Waals surface area contributed by atoms with E-state index in [2.05, 4.69) is 25.6 Å². The number of nitrogens with zero attached hydrogens (tertiary/aromatic N) is 4. The SMILES string of the molecule is CS(=O)(=O)N1CC[C@@H](Nc2ncc3cc(C(F)F)nc(NC4CCCC4(F)F)c3n2)[C@H](O)C1. The summed E-state index contributed by atoms with van der Waals surface area (Å²) in [6.07, 6.45) is -1.19. The Labute approximate surface area is 187 Å². The van der Waals surface area contributed by atoms with E-state index >= 15 is 0 Å². The fourth-order valence-corrected chi connectivity index (χ4v) is 5.01. The second-order valence-electron chi connectivity index (χ2n) is 8.41. The molecule has 3 atom stereocenters. The Kier molecular flexibility index (Phi) is 6.35. The zero-order valence-corrected chi connectivity index (χ0v) is 18.5. The van der Waals surface area contributed by atoms with E-state index in [1.165, 1.54) is 6.20 Å². The molecule has 182 valence electrons. The summed E-state index contributed by atoms with van der Waals surface area (Å²) in [6.45, 7) is 0.0803. The molecule has 1 saturated heterocycles. The van der Waals surface area contributed by atoms with Gasteiger partial charge in [-0.2, -0.15) is 4.31 Å². The lowest BCUT2D eigenvalue weighted by molar-refractivity contribution is -0.000664. The summed E-state index contributed by atoms with van der Waals surface area (Å²) in [5, 5.41) is 16.1. The van der Waals surface area contributed by atoms with E-state index in [1.807, 2.05) is 0 Å². The number of alkyl halides is 4. The largest absolute Gasteiger partial charge is 0.390 e. The number of aliphatic hydroxyl groups excluding tert-OH is 1. The Morgan fingerprint density at radius 3 is 2.61 bits per heavy atom. The highest BCUT2D eigenvalue weighted by atomic mass is 32.2. The summed E-state index contributed by atoms with van der Waals surface area (Å²) < 4.78 is 79.5. The molecule has 9 nitrogen and oxygen atoms in total. The van der Waals surface area contributed by atoms with Crippen LogP contribution in [0.2, 0.25) is 0 Å². The van der Waals surface area contributed by atoms with Gasteiger partial charge >= 0.3 is 0 Å². The maximum Gasteiger partial charge on any atom is 0.280 e. The van der Waals surface area contributed by atoms with E-state index < -0.39 is 46.3 Å². The zero-order valence-electron chi connectivity index (χ0n) is 17.7. The number of hydrogen-bond acceptors (Lipinski definition) is 8. The van der Waals surface area contributed by atoms with Crippen molar-refractivity contribution in [3.05, 3.63) is 18.0 Å². The highest BCUT2D eigenvalue weighted by Gasteiger charge is 2.44. The molecule has 14 heteroatoms. The molecular weight excluding hydrogens is 468 g/mol. The second kappa shape index (κ2) is 8.80. The number of piperidine rings is 1. The number of nitrogens with one attached hydrogen (secondary N) is 2. The van der Waals surface area contributed by atoms with Crippen LogP contribution >= 0.6 is 0 Å². The van der Waals surface area contributed by atoms with Gasteiger partial charge in [-0.05, 0) is 25.3 Å². The molecule has 3 heterocycles. The highest BCUT2D eigenvalue weighted by Crippen LogP contribution is 2.38. The van der Waals surface area contributed by atoms with Crippen molar-refractivity contribution in [1.29, 1.82) is 0 Å². The average Bonchev–Trinajstić information content (AvgIpc) is 3.06. The molecule has 2 aromatic rings. The van der Waals surface area contributed by atoms with Crippen molar-refractivity contribution in [3.8, 4) is 0 Å². The number of aromatic nitrogens is 3. The van der Waals surface area contributed by atoms with Crippen LogP contribution in [-0.4, -0.2) is 76.2 Å². The predicted molar refractivity (Wildman–Crippen MR) is 113 cm³/mol. The van der Waals surface area contributed by atoms with E-state index in [0.29, 0.717) is 6.42 Å². The Hall–Kier alpha value is -2.32. The number of aliphatic hydroxyl groups is 1. The van der Waals surface area contributed by atoms with Crippen LogP contribution in [0.1, 0.15) is 37.8 Å². The normalized spacial score (nSPS) is 26.1. The number of fused-ring (bicyclic) bond motifs is 1. The number of halogens is 4. The molecule has 4 rings (SSSR count). The average molecular weight is 492 g/mol. The van der Waals surface area contributed by atoms with Gasteiger partial charge < -0.3 is 15.7 Å². The van der Waals surface area contributed by atoms with Gasteiger partial charge in [0, 0.05) is 31.1 Å². The molecule has 0 radical (unpaired) electrons. The van der Waals surface area contributed by atoms with Crippen molar-refractivity contribution in [2.24, 2.45) is 0 Å². The van der Waals surface area contributed by atoms with Crippen LogP contribution < -0.4 is 10.6 Å². The number of pyridine rings is 1. The molecule has 1 saturated carbocycles. The monoisotopic (exact) mass is 492 g/mol. The lowest BCUT2D eigenvalue weighted by atomic mass is 10.0. The Balaban J connectivity index is 1.61. The van der Waals surface area contributed by atoms with Crippen molar-refractivity contribution in [2.75, 3.05) is 30.0 Å². The summed E-state index contributed by atoms with van der Waals surface area (Å²) in [5.41, 5.74) is -0.498. The van der Waals surface area contributed by atoms with E-state index in [0.717, 1.165) is 16.6 Å². The molecule has 2 fully saturated rings. The number of rotatable bonds is 6. The Bertz CT molecular complexity index is 1140. The lowest BCUT2D eigenvalue weighted by Crippen LogP contribution is -2.51. The third-order valence-corrected chi connectivity index (χ3v) is 7.23. The van der Waals surface area contributed by atoms with Crippen molar-refractivity contribution < 1.29 is 31.1 Å². The van der Waals surface area contributed by atoms with E-state index in [-0.39, 0.29) is 55.0 Å². The number of anilines is 2. The van der Waals surface area contributed by atoms with Gasteiger partial charge in [0.2, 0.25) is 16.0 Å². The van der Waals surface area contributed by atoms with Crippen LogP contribution in [0.3, 0.4) is 0 Å². The fourth-order valence-electron chi connectivity index (χ4n) is 4.15. The van der Waals surface area contributed by atoms with Crippen LogP contribution in [0.25, 0.3) is 10.9 Å². The van der Waals surface area contributed by atoms with E-state index in [4.69, 9.17) is 0 Å². The van der Waals surface area contributed by atoms with Gasteiger partial charge in [-0.1, -0.05) is 0 Å². The van der Waals surface area contributed by atoms with E-state index in [9.17, 15) is 31.1 Å². The fraction of sp³-hybridized carbons (Fsp3) is 0.632. The van der Waals surface area contributed by atoms with E-state index in [1.54, 1.807) is 0 Å². The van der Waals surface area contributed by atoms with Crippen LogP contribution in [0.4, 0.5) is 29.3 Å². The van der Waals surface area contributed by atoms with Crippen LogP contribution in [-0.2, 0) is 10.0 Å². The maximum atomic E-state index is 14.1. The molecule has 1 unspecified atom stereocenters. The van der Waals surface area contributed by atoms with Gasteiger partial charge in [-0.15, -0.1) is 0 Å². The molecule has 0 aromatic carbocycles. The zero-order chi connectivity index (χ0) is 24.0. The van der Waals surface area contributed by atoms with Gasteiger partial charge in [0.15, 0.2) is 5.82 Å². The first-order valence-corrected chi connectivity index (χ1v) is 12.3. The maximum absolute atomic E-state index is 14.1. The van der Waals surface area contributed by atoms with Gasteiger partial charge in [-0.3, -0.25) is 0 Å². The smallest absolute Gasteiger partial charge is 0.280 e. The summed E-state index contributed by atoms with van der Waals surface area (Å²) in [5.74, 6) is -3.15. The van der Waals surface area contributed by atoms with Gasteiger partial charge in [0.1, 0.15) is 11.2 Å². The number of hydrogen-bond donors (Lipinski definition) is 3. The molecular formula is C19H24F4N6O3S. The lowest BCUT2D eigenvalue weighted by Gasteiger charge is -2.34. The van der Waals surface area contributed by atoms with Crippen molar-refractivity contribution in [3.63, 3.8) is 0 Å². The Morgan fingerprint density at radius 1 is 1.24 bits per heavy atom. The first-order chi connectivity index (χ1) is 15.4. The van der Waals surface area contributed by atoms with Crippen molar-refractivity contribution >= 4 is 32.7 Å². The summed E-state index contributed by atoms with van der Waals surface area (Å²) >= 11 is 0. The Morgan fingerprint density at radius 2 is 2.00 bits per heavy atom. The molecule has 0 spiro atoms. The first-order valence-electron chi connectivity index (χ1n) is 10.4. The third kappa shape index (κ3) is 5.11. The van der Waals surface area contributed by atoms with Gasteiger partial charge in [0.05, 0.1) is 24.4 Å². The molecule has 0 bridgehead atoms. The van der Waals surface area contributed by atoms with Gasteiger partial charge in [-0.25, -0.2) is 40.9 Å². The minimum atomic E-state index is -3.45. The predicted octanol–water partition coefficient (Wildman–Crippen LogP) is 2.37. The molecule has 2 aliphatic rings. The molecule has 2 aromatic heterocycles. The summed E-state index contributed by atoms with van der Waals surface area (Å²) in [7, 11) is -3.45.